The Morgan fingerprint density at radius 3 is 2.45 bits per heavy atom. The van der Waals surface area contributed by atoms with Crippen LogP contribution in [0.4, 0.5) is 0 Å². The SMILES string of the molecule is C=C(CC)N=C(C)/C=C(\C)Br. The molecule has 0 aliphatic carbocycles. The van der Waals surface area contributed by atoms with Crippen LogP contribution in [-0.4, -0.2) is 5.71 Å². The van der Waals surface area contributed by atoms with Gasteiger partial charge in [-0.05, 0) is 30.8 Å². The monoisotopic (exact) mass is 215 g/mol. The molecule has 0 saturated carbocycles. The molecule has 0 amide bonds. The average Bonchev–Trinajstić information content (AvgIpc) is 1.85. The molecule has 2 heteroatoms. The summed E-state index contributed by atoms with van der Waals surface area (Å²) in [5.41, 5.74) is 1.92. The molecular formula is C9H14BrN. The minimum Gasteiger partial charge on any atom is -0.259 e. The van der Waals surface area contributed by atoms with Crippen LogP contribution in [0, 0.1) is 0 Å². The number of halogens is 1. The lowest BCUT2D eigenvalue weighted by Gasteiger charge is -1.95. The van der Waals surface area contributed by atoms with Crippen molar-refractivity contribution in [3.63, 3.8) is 0 Å². The minimum atomic E-state index is 0.909. The molecule has 0 atom stereocenters. The Hall–Kier alpha value is -0.370. The third kappa shape index (κ3) is 6.05. The van der Waals surface area contributed by atoms with Gasteiger partial charge in [-0.15, -0.1) is 0 Å². The number of rotatable bonds is 3. The van der Waals surface area contributed by atoms with E-state index in [1.165, 1.54) is 0 Å². The molecule has 0 radical (unpaired) electrons. The summed E-state index contributed by atoms with van der Waals surface area (Å²) < 4.78 is 1.09. The van der Waals surface area contributed by atoms with E-state index in [4.69, 9.17) is 0 Å². The molecular weight excluding hydrogens is 202 g/mol. The van der Waals surface area contributed by atoms with Crippen LogP contribution in [0.2, 0.25) is 0 Å². The molecule has 0 saturated heterocycles. The van der Waals surface area contributed by atoms with Gasteiger partial charge in [0.15, 0.2) is 0 Å². The molecule has 0 heterocycles. The normalized spacial score (nSPS) is 13.5. The molecule has 0 rings (SSSR count). The number of nitrogens with zero attached hydrogens (tertiary/aromatic N) is 1. The van der Waals surface area contributed by atoms with E-state index in [0.29, 0.717) is 0 Å². The van der Waals surface area contributed by atoms with Crippen molar-refractivity contribution < 1.29 is 0 Å². The first kappa shape index (κ1) is 10.6. The van der Waals surface area contributed by atoms with Gasteiger partial charge in [0.25, 0.3) is 0 Å². The van der Waals surface area contributed by atoms with Crippen LogP contribution in [0.3, 0.4) is 0 Å². The van der Waals surface area contributed by atoms with Gasteiger partial charge >= 0.3 is 0 Å². The number of allylic oxidation sites excluding steroid dienone is 3. The first-order chi connectivity index (χ1) is 5.06. The van der Waals surface area contributed by atoms with Gasteiger partial charge in [0, 0.05) is 11.4 Å². The van der Waals surface area contributed by atoms with Crippen molar-refractivity contribution in [3.05, 3.63) is 22.8 Å². The standard InChI is InChI=1S/C9H14BrN/c1-5-8(3)11-9(4)6-7(2)10/h6H,3,5H2,1-2,4H3/b7-6+,11-9?. The summed E-state index contributed by atoms with van der Waals surface area (Å²) in [5, 5.41) is 0. The largest absolute Gasteiger partial charge is 0.259 e. The lowest BCUT2D eigenvalue weighted by molar-refractivity contribution is 1.08. The Bertz CT molecular complexity index is 198. The van der Waals surface area contributed by atoms with Crippen molar-refractivity contribution in [3.8, 4) is 0 Å². The molecule has 0 aliphatic rings. The summed E-state index contributed by atoms with van der Waals surface area (Å²) in [6.45, 7) is 9.78. The lowest BCUT2D eigenvalue weighted by Crippen LogP contribution is -1.86. The molecule has 62 valence electrons. The van der Waals surface area contributed by atoms with Crippen LogP contribution >= 0.6 is 15.9 Å². The van der Waals surface area contributed by atoms with Crippen LogP contribution < -0.4 is 0 Å². The smallest absolute Gasteiger partial charge is 0.0383 e. The van der Waals surface area contributed by atoms with E-state index in [-0.39, 0.29) is 0 Å². The molecule has 0 bridgehead atoms. The maximum Gasteiger partial charge on any atom is 0.0383 e. The van der Waals surface area contributed by atoms with Gasteiger partial charge in [-0.3, -0.25) is 4.99 Å². The third-order valence-electron chi connectivity index (χ3n) is 1.15. The summed E-state index contributed by atoms with van der Waals surface area (Å²) in [6.07, 6.45) is 2.88. The van der Waals surface area contributed by atoms with Crippen molar-refractivity contribution in [2.24, 2.45) is 4.99 Å². The number of hydrogen-bond acceptors (Lipinski definition) is 1. The zero-order valence-corrected chi connectivity index (χ0v) is 8.90. The van der Waals surface area contributed by atoms with Crippen molar-refractivity contribution >= 4 is 21.6 Å². The summed E-state index contributed by atoms with van der Waals surface area (Å²) in [5.74, 6) is 0. The maximum atomic E-state index is 4.25. The Kier molecular flexibility index (Phi) is 5.12. The molecule has 0 aromatic carbocycles. The Morgan fingerprint density at radius 1 is 1.55 bits per heavy atom. The van der Waals surface area contributed by atoms with Gasteiger partial charge in [0.2, 0.25) is 0 Å². The van der Waals surface area contributed by atoms with Gasteiger partial charge in [-0.25, -0.2) is 0 Å². The molecule has 0 unspecified atom stereocenters. The summed E-state index contributed by atoms with van der Waals surface area (Å²) in [7, 11) is 0. The molecule has 0 aromatic rings. The van der Waals surface area contributed by atoms with E-state index in [0.717, 1.165) is 22.3 Å². The highest BCUT2D eigenvalue weighted by atomic mass is 79.9. The van der Waals surface area contributed by atoms with Gasteiger partial charge in [-0.2, -0.15) is 0 Å². The van der Waals surface area contributed by atoms with E-state index >= 15 is 0 Å². The van der Waals surface area contributed by atoms with E-state index in [1.807, 2.05) is 26.8 Å². The zero-order chi connectivity index (χ0) is 8.85. The highest BCUT2D eigenvalue weighted by molar-refractivity contribution is 9.11. The van der Waals surface area contributed by atoms with Gasteiger partial charge in [0.1, 0.15) is 0 Å². The van der Waals surface area contributed by atoms with Crippen molar-refractivity contribution in [2.75, 3.05) is 0 Å². The molecule has 0 N–H and O–H groups in total. The molecule has 11 heavy (non-hydrogen) atoms. The quantitative estimate of drug-likeness (QED) is 0.638. The lowest BCUT2D eigenvalue weighted by atomic mass is 10.3. The van der Waals surface area contributed by atoms with Crippen LogP contribution in [-0.2, 0) is 0 Å². The molecule has 0 aliphatic heterocycles. The predicted molar refractivity (Wildman–Crippen MR) is 55.2 cm³/mol. The van der Waals surface area contributed by atoms with Crippen molar-refractivity contribution in [1.29, 1.82) is 0 Å². The molecule has 0 aromatic heterocycles. The Morgan fingerprint density at radius 2 is 2.09 bits per heavy atom. The van der Waals surface area contributed by atoms with Gasteiger partial charge in [0.05, 0.1) is 0 Å². The number of hydrogen-bond donors (Lipinski definition) is 0. The van der Waals surface area contributed by atoms with E-state index in [9.17, 15) is 0 Å². The first-order valence-corrected chi connectivity index (χ1v) is 4.42. The topological polar surface area (TPSA) is 12.4 Å². The maximum absolute atomic E-state index is 4.25. The van der Waals surface area contributed by atoms with Crippen molar-refractivity contribution in [1.82, 2.24) is 0 Å². The Labute approximate surface area is 77.0 Å². The summed E-state index contributed by atoms with van der Waals surface area (Å²) >= 11 is 3.34. The zero-order valence-electron chi connectivity index (χ0n) is 7.32. The second-order valence-electron chi connectivity index (χ2n) is 2.40. The second-order valence-corrected chi connectivity index (χ2v) is 3.65. The first-order valence-electron chi connectivity index (χ1n) is 3.63. The fourth-order valence-corrected chi connectivity index (χ4v) is 0.980. The van der Waals surface area contributed by atoms with Crippen LogP contribution in [0.15, 0.2) is 27.8 Å². The predicted octanol–water partition coefficient (Wildman–Crippen LogP) is 3.67. The number of aliphatic imine (C=N–C) groups is 1. The van der Waals surface area contributed by atoms with Gasteiger partial charge in [-0.1, -0.05) is 29.4 Å². The van der Waals surface area contributed by atoms with E-state index in [2.05, 4.69) is 27.5 Å². The van der Waals surface area contributed by atoms with Crippen LogP contribution in [0.25, 0.3) is 0 Å². The third-order valence-corrected chi connectivity index (χ3v) is 1.38. The summed E-state index contributed by atoms with van der Waals surface area (Å²) in [6, 6.07) is 0. The highest BCUT2D eigenvalue weighted by Gasteiger charge is 1.87. The Balaban J connectivity index is 4.23. The van der Waals surface area contributed by atoms with E-state index in [1.54, 1.807) is 0 Å². The highest BCUT2D eigenvalue weighted by Crippen LogP contribution is 2.04. The molecule has 0 spiro atoms. The van der Waals surface area contributed by atoms with Gasteiger partial charge < -0.3 is 0 Å². The van der Waals surface area contributed by atoms with Crippen LogP contribution in [0.5, 0.6) is 0 Å². The average molecular weight is 216 g/mol. The minimum absolute atomic E-state index is 0.909. The molecule has 1 nitrogen and oxygen atoms in total. The van der Waals surface area contributed by atoms with Crippen molar-refractivity contribution in [2.45, 2.75) is 27.2 Å². The second kappa shape index (κ2) is 5.30. The molecule has 0 fully saturated rings. The summed E-state index contributed by atoms with van der Waals surface area (Å²) in [4.78, 5) is 4.25. The van der Waals surface area contributed by atoms with Crippen LogP contribution in [0.1, 0.15) is 27.2 Å². The fourth-order valence-electron chi connectivity index (χ4n) is 0.649. The fraction of sp³-hybridized carbons (Fsp3) is 0.444. The van der Waals surface area contributed by atoms with E-state index < -0.39 is 0 Å².